The summed E-state index contributed by atoms with van der Waals surface area (Å²) in [6.07, 6.45) is -2.29. The number of ether oxygens (including phenoxy) is 1. The average Bonchev–Trinajstić information content (AvgIpc) is 3.06. The summed E-state index contributed by atoms with van der Waals surface area (Å²) in [6, 6.07) is 6.86. The molecular formula is C18H13ClF4N2O3S. The first-order valence-corrected chi connectivity index (χ1v) is 10.2. The molecule has 3 aromatic rings. The van der Waals surface area contributed by atoms with Crippen molar-refractivity contribution in [3.05, 3.63) is 58.7 Å². The third-order valence-electron chi connectivity index (χ3n) is 4.00. The van der Waals surface area contributed by atoms with Crippen molar-refractivity contribution >= 4 is 21.4 Å². The van der Waals surface area contributed by atoms with Gasteiger partial charge in [0.25, 0.3) is 6.43 Å². The van der Waals surface area contributed by atoms with Gasteiger partial charge in [-0.1, -0.05) is 17.7 Å². The number of aromatic nitrogens is 2. The molecule has 0 saturated carbocycles. The Morgan fingerprint density at radius 2 is 1.72 bits per heavy atom. The van der Waals surface area contributed by atoms with Gasteiger partial charge >= 0.3 is 0 Å². The summed E-state index contributed by atoms with van der Waals surface area (Å²) < 4.78 is 84.2. The predicted octanol–water partition coefficient (Wildman–Crippen LogP) is 4.82. The lowest BCUT2D eigenvalue weighted by molar-refractivity contribution is 0.145. The van der Waals surface area contributed by atoms with E-state index in [4.69, 9.17) is 16.3 Å². The van der Waals surface area contributed by atoms with Gasteiger partial charge in [-0.15, -0.1) is 0 Å². The molecule has 0 unspecified atom stereocenters. The predicted molar refractivity (Wildman–Crippen MR) is 98.5 cm³/mol. The standard InChI is InChI=1S/C18H13ClF4N2O3S/c1-28-16-5-9(3-4-11(16)19)15-8-14(18(22)23)24-25(15)10-6-12(20)17(13(21)7-10)29(2,26)27/h3-8,18H,1-2H3. The molecule has 0 aliphatic rings. The summed E-state index contributed by atoms with van der Waals surface area (Å²) in [6.45, 7) is 0. The molecule has 0 fully saturated rings. The minimum Gasteiger partial charge on any atom is -0.495 e. The molecule has 29 heavy (non-hydrogen) atoms. The molecule has 5 nitrogen and oxygen atoms in total. The highest BCUT2D eigenvalue weighted by Crippen LogP contribution is 2.34. The van der Waals surface area contributed by atoms with Crippen LogP contribution in [0.2, 0.25) is 5.02 Å². The zero-order chi connectivity index (χ0) is 21.5. The maximum absolute atomic E-state index is 14.3. The molecular weight excluding hydrogens is 436 g/mol. The molecule has 0 atom stereocenters. The Morgan fingerprint density at radius 3 is 2.24 bits per heavy atom. The van der Waals surface area contributed by atoms with Crippen molar-refractivity contribution < 1.29 is 30.7 Å². The van der Waals surface area contributed by atoms with E-state index in [0.29, 0.717) is 24.0 Å². The van der Waals surface area contributed by atoms with Crippen LogP contribution in [-0.2, 0) is 9.84 Å². The van der Waals surface area contributed by atoms with Gasteiger partial charge in [0, 0.05) is 24.0 Å². The van der Waals surface area contributed by atoms with Gasteiger partial charge in [-0.05, 0) is 18.2 Å². The number of nitrogens with zero attached hydrogens (tertiary/aromatic N) is 2. The maximum Gasteiger partial charge on any atom is 0.282 e. The minimum absolute atomic E-state index is 0.0705. The second-order valence-electron chi connectivity index (χ2n) is 6.03. The first kappa shape index (κ1) is 21.1. The van der Waals surface area contributed by atoms with Gasteiger partial charge in [-0.25, -0.2) is 30.7 Å². The topological polar surface area (TPSA) is 61.2 Å². The van der Waals surface area contributed by atoms with Gasteiger partial charge in [0.1, 0.15) is 28.0 Å². The van der Waals surface area contributed by atoms with Crippen molar-refractivity contribution in [1.82, 2.24) is 9.78 Å². The summed E-state index contributed by atoms with van der Waals surface area (Å²) in [5.74, 6) is -2.48. The van der Waals surface area contributed by atoms with Crippen molar-refractivity contribution in [3.8, 4) is 22.7 Å². The Labute approximate surface area is 168 Å². The number of benzene rings is 2. The summed E-state index contributed by atoms with van der Waals surface area (Å²) >= 11 is 5.97. The Bertz CT molecular complexity index is 1170. The van der Waals surface area contributed by atoms with Gasteiger partial charge in [-0.2, -0.15) is 5.10 Å². The fourth-order valence-corrected chi connectivity index (χ4v) is 3.77. The molecule has 0 amide bonds. The number of alkyl halides is 2. The number of methoxy groups -OCH3 is 1. The first-order chi connectivity index (χ1) is 13.5. The summed E-state index contributed by atoms with van der Waals surface area (Å²) in [5.41, 5.74) is -0.509. The van der Waals surface area contributed by atoms with Crippen LogP contribution in [0.5, 0.6) is 5.75 Å². The van der Waals surface area contributed by atoms with Crippen LogP contribution in [-0.4, -0.2) is 31.6 Å². The van der Waals surface area contributed by atoms with Crippen LogP contribution in [0.4, 0.5) is 17.6 Å². The fraction of sp³-hybridized carbons (Fsp3) is 0.167. The van der Waals surface area contributed by atoms with E-state index in [-0.39, 0.29) is 22.2 Å². The molecule has 0 aliphatic heterocycles. The molecule has 11 heteroatoms. The van der Waals surface area contributed by atoms with Gasteiger partial charge in [0.05, 0.1) is 23.5 Å². The van der Waals surface area contributed by atoms with E-state index in [9.17, 15) is 26.0 Å². The van der Waals surface area contributed by atoms with Crippen LogP contribution in [0.3, 0.4) is 0 Å². The smallest absolute Gasteiger partial charge is 0.282 e. The number of sulfone groups is 1. The first-order valence-electron chi connectivity index (χ1n) is 7.94. The summed E-state index contributed by atoms with van der Waals surface area (Å²) in [4.78, 5) is -1.11. The number of hydrogen-bond acceptors (Lipinski definition) is 4. The second-order valence-corrected chi connectivity index (χ2v) is 8.39. The average molecular weight is 449 g/mol. The van der Waals surface area contributed by atoms with E-state index in [0.717, 1.165) is 10.7 Å². The van der Waals surface area contributed by atoms with Crippen molar-refractivity contribution in [2.24, 2.45) is 0 Å². The highest BCUT2D eigenvalue weighted by atomic mass is 35.5. The SMILES string of the molecule is COc1cc(-c2cc(C(F)F)nn2-c2cc(F)c(S(C)(=O)=O)c(F)c2)ccc1Cl. The quantitative estimate of drug-likeness (QED) is 0.525. The van der Waals surface area contributed by atoms with Crippen LogP contribution in [0.1, 0.15) is 12.1 Å². The van der Waals surface area contributed by atoms with Gasteiger partial charge < -0.3 is 4.74 Å². The van der Waals surface area contributed by atoms with Crippen LogP contribution in [0.25, 0.3) is 16.9 Å². The lowest BCUT2D eigenvalue weighted by Gasteiger charge is -2.11. The fourth-order valence-electron chi connectivity index (χ4n) is 2.75. The largest absolute Gasteiger partial charge is 0.495 e. The molecule has 3 rings (SSSR count). The van der Waals surface area contributed by atoms with E-state index in [1.807, 2.05) is 0 Å². The highest BCUT2D eigenvalue weighted by molar-refractivity contribution is 7.90. The molecule has 1 heterocycles. The summed E-state index contributed by atoms with van der Waals surface area (Å²) in [7, 11) is -2.82. The highest BCUT2D eigenvalue weighted by Gasteiger charge is 2.24. The van der Waals surface area contributed by atoms with Crippen LogP contribution < -0.4 is 4.74 Å². The van der Waals surface area contributed by atoms with Crippen LogP contribution >= 0.6 is 11.6 Å². The Hall–Kier alpha value is -2.59. The van der Waals surface area contributed by atoms with E-state index in [2.05, 4.69) is 5.10 Å². The molecule has 0 aliphatic carbocycles. The van der Waals surface area contributed by atoms with Crippen LogP contribution in [0, 0.1) is 11.6 Å². The lowest BCUT2D eigenvalue weighted by Crippen LogP contribution is -2.08. The molecule has 0 spiro atoms. The zero-order valence-corrected chi connectivity index (χ0v) is 16.5. The molecule has 154 valence electrons. The maximum atomic E-state index is 14.3. The molecule has 1 aromatic heterocycles. The summed E-state index contributed by atoms with van der Waals surface area (Å²) in [5, 5.41) is 3.99. The Balaban J connectivity index is 2.26. The van der Waals surface area contributed by atoms with Crippen LogP contribution in [0.15, 0.2) is 41.3 Å². The van der Waals surface area contributed by atoms with E-state index in [1.165, 1.54) is 25.3 Å². The third kappa shape index (κ3) is 4.08. The minimum atomic E-state index is -4.18. The number of rotatable bonds is 5. The third-order valence-corrected chi connectivity index (χ3v) is 5.44. The van der Waals surface area contributed by atoms with Crippen molar-refractivity contribution in [3.63, 3.8) is 0 Å². The molecule has 0 bridgehead atoms. The molecule has 0 radical (unpaired) electrons. The van der Waals surface area contributed by atoms with Crippen molar-refractivity contribution in [2.45, 2.75) is 11.3 Å². The van der Waals surface area contributed by atoms with Gasteiger partial charge in [0.15, 0.2) is 9.84 Å². The van der Waals surface area contributed by atoms with Gasteiger partial charge in [-0.3, -0.25) is 0 Å². The Morgan fingerprint density at radius 1 is 1.10 bits per heavy atom. The molecule has 0 saturated heterocycles. The normalized spacial score (nSPS) is 11.9. The molecule has 2 aromatic carbocycles. The van der Waals surface area contributed by atoms with Crippen molar-refractivity contribution in [1.29, 1.82) is 0 Å². The Kier molecular flexibility index (Phi) is 5.59. The van der Waals surface area contributed by atoms with E-state index >= 15 is 0 Å². The van der Waals surface area contributed by atoms with Gasteiger partial charge in [0.2, 0.25) is 0 Å². The number of halogens is 5. The molecule has 0 N–H and O–H groups in total. The monoisotopic (exact) mass is 448 g/mol. The second kappa shape index (κ2) is 7.68. The van der Waals surface area contributed by atoms with E-state index in [1.54, 1.807) is 0 Å². The van der Waals surface area contributed by atoms with Crippen molar-refractivity contribution in [2.75, 3.05) is 13.4 Å². The lowest BCUT2D eigenvalue weighted by atomic mass is 10.1. The number of hydrogen-bond donors (Lipinski definition) is 0. The van der Waals surface area contributed by atoms with E-state index < -0.39 is 38.5 Å². The zero-order valence-electron chi connectivity index (χ0n) is 15.0.